The van der Waals surface area contributed by atoms with Crippen LogP contribution in [-0.2, 0) is 13.6 Å². The molecule has 0 aliphatic heterocycles. The summed E-state index contributed by atoms with van der Waals surface area (Å²) in [7, 11) is 1.90. The third kappa shape index (κ3) is 4.39. The maximum Gasteiger partial charge on any atom is 0.0603 e. The molecule has 0 amide bonds. The molecule has 0 saturated carbocycles. The van der Waals surface area contributed by atoms with Crippen molar-refractivity contribution in [1.29, 1.82) is 0 Å². The van der Waals surface area contributed by atoms with Crippen molar-refractivity contribution in [3.05, 3.63) is 18.0 Å². The second-order valence-corrected chi connectivity index (χ2v) is 4.26. The number of hydrogen-bond acceptors (Lipinski definition) is 3. The zero-order valence-corrected chi connectivity index (χ0v) is 9.12. The lowest BCUT2D eigenvalue weighted by Crippen LogP contribution is -2.26. The molecule has 0 saturated heterocycles. The molecular formula is C10H19N3O. The van der Waals surface area contributed by atoms with E-state index in [1.54, 1.807) is 4.68 Å². The Hall–Kier alpha value is -0.870. The highest BCUT2D eigenvalue weighted by atomic mass is 16.3. The Morgan fingerprint density at radius 1 is 1.57 bits per heavy atom. The highest BCUT2D eigenvalue weighted by Gasteiger charge is 2.10. The van der Waals surface area contributed by atoms with Crippen molar-refractivity contribution in [2.75, 3.05) is 6.54 Å². The van der Waals surface area contributed by atoms with Gasteiger partial charge in [0.15, 0.2) is 0 Å². The summed E-state index contributed by atoms with van der Waals surface area (Å²) >= 11 is 0. The molecule has 1 aromatic heterocycles. The maximum absolute atomic E-state index is 9.46. The van der Waals surface area contributed by atoms with Crippen LogP contribution < -0.4 is 5.32 Å². The second-order valence-electron chi connectivity index (χ2n) is 4.26. The number of aromatic nitrogens is 2. The molecule has 1 rings (SSSR count). The Bertz CT molecular complexity index is 275. The number of rotatable bonds is 5. The minimum Gasteiger partial charge on any atom is -0.390 e. The number of hydrogen-bond donors (Lipinski definition) is 2. The molecule has 2 N–H and O–H groups in total. The second kappa shape index (κ2) is 4.57. The summed E-state index contributed by atoms with van der Waals surface area (Å²) in [5, 5.41) is 16.8. The van der Waals surface area contributed by atoms with Crippen LogP contribution in [0.15, 0.2) is 12.4 Å². The van der Waals surface area contributed by atoms with Crippen LogP contribution in [-0.4, -0.2) is 27.0 Å². The van der Waals surface area contributed by atoms with Gasteiger partial charge in [0, 0.05) is 25.4 Å². The lowest BCUT2D eigenvalue weighted by atomic mass is 10.1. The van der Waals surface area contributed by atoms with Gasteiger partial charge in [-0.05, 0) is 26.8 Å². The molecule has 0 unspecified atom stereocenters. The molecule has 0 spiro atoms. The largest absolute Gasteiger partial charge is 0.390 e. The van der Waals surface area contributed by atoms with E-state index in [-0.39, 0.29) is 0 Å². The van der Waals surface area contributed by atoms with Crippen molar-refractivity contribution < 1.29 is 5.11 Å². The van der Waals surface area contributed by atoms with Crippen LogP contribution in [0.4, 0.5) is 0 Å². The standard InChI is InChI=1S/C10H19N3O/c1-10(2,14)4-5-11-6-9-7-12-13(3)8-9/h7-8,11,14H,4-6H2,1-3H3. The first-order valence-electron chi connectivity index (χ1n) is 4.88. The van der Waals surface area contributed by atoms with Crippen LogP contribution in [0, 0.1) is 0 Å². The normalized spacial score (nSPS) is 12.0. The molecule has 0 aliphatic carbocycles. The number of aryl methyl sites for hydroxylation is 1. The van der Waals surface area contributed by atoms with E-state index in [1.807, 2.05) is 33.3 Å². The topological polar surface area (TPSA) is 50.1 Å². The lowest BCUT2D eigenvalue weighted by Gasteiger charge is -2.16. The molecule has 0 atom stereocenters. The zero-order valence-electron chi connectivity index (χ0n) is 9.12. The summed E-state index contributed by atoms with van der Waals surface area (Å²) in [6.45, 7) is 5.26. The van der Waals surface area contributed by atoms with Crippen LogP contribution in [0.2, 0.25) is 0 Å². The van der Waals surface area contributed by atoms with Crippen LogP contribution >= 0.6 is 0 Å². The van der Waals surface area contributed by atoms with E-state index < -0.39 is 5.60 Å². The van der Waals surface area contributed by atoms with E-state index in [0.29, 0.717) is 0 Å². The van der Waals surface area contributed by atoms with Gasteiger partial charge in [-0.15, -0.1) is 0 Å². The van der Waals surface area contributed by atoms with E-state index >= 15 is 0 Å². The molecule has 0 aromatic carbocycles. The van der Waals surface area contributed by atoms with Crippen molar-refractivity contribution in [1.82, 2.24) is 15.1 Å². The SMILES string of the molecule is Cn1cc(CNCCC(C)(C)O)cn1. The van der Waals surface area contributed by atoms with Crippen LogP contribution in [0.5, 0.6) is 0 Å². The van der Waals surface area contributed by atoms with E-state index in [4.69, 9.17) is 0 Å². The minimum atomic E-state index is -0.581. The molecule has 1 heterocycles. The lowest BCUT2D eigenvalue weighted by molar-refractivity contribution is 0.0711. The highest BCUT2D eigenvalue weighted by Crippen LogP contribution is 2.05. The summed E-state index contributed by atoms with van der Waals surface area (Å²) in [6, 6.07) is 0. The molecular weight excluding hydrogens is 178 g/mol. The predicted molar refractivity (Wildman–Crippen MR) is 55.8 cm³/mol. The third-order valence-corrected chi connectivity index (χ3v) is 2.00. The summed E-state index contributed by atoms with van der Waals surface area (Å²) in [4.78, 5) is 0. The summed E-state index contributed by atoms with van der Waals surface area (Å²) in [5.41, 5.74) is 0.588. The van der Waals surface area contributed by atoms with Crippen molar-refractivity contribution in [3.8, 4) is 0 Å². The molecule has 4 heteroatoms. The summed E-state index contributed by atoms with van der Waals surface area (Å²) in [5.74, 6) is 0. The molecule has 1 aromatic rings. The third-order valence-electron chi connectivity index (χ3n) is 2.00. The number of nitrogens with zero attached hydrogens (tertiary/aromatic N) is 2. The fourth-order valence-corrected chi connectivity index (χ4v) is 1.19. The first-order valence-corrected chi connectivity index (χ1v) is 4.88. The Labute approximate surface area is 84.9 Å². The van der Waals surface area contributed by atoms with Crippen molar-refractivity contribution in [3.63, 3.8) is 0 Å². The highest BCUT2D eigenvalue weighted by molar-refractivity contribution is 5.02. The van der Waals surface area contributed by atoms with E-state index in [1.165, 1.54) is 5.56 Å². The fourth-order valence-electron chi connectivity index (χ4n) is 1.19. The molecule has 14 heavy (non-hydrogen) atoms. The van der Waals surface area contributed by atoms with Gasteiger partial charge in [-0.2, -0.15) is 5.10 Å². The Morgan fingerprint density at radius 2 is 2.29 bits per heavy atom. The van der Waals surface area contributed by atoms with Gasteiger partial charge < -0.3 is 10.4 Å². The van der Waals surface area contributed by atoms with Gasteiger partial charge in [0.1, 0.15) is 0 Å². The molecule has 80 valence electrons. The predicted octanol–water partition coefficient (Wildman–Crippen LogP) is 0.671. The zero-order chi connectivity index (χ0) is 10.6. The van der Waals surface area contributed by atoms with Gasteiger partial charge in [-0.25, -0.2) is 0 Å². The Morgan fingerprint density at radius 3 is 2.79 bits per heavy atom. The summed E-state index contributed by atoms with van der Waals surface area (Å²) in [6.07, 6.45) is 4.58. The van der Waals surface area contributed by atoms with Gasteiger partial charge in [-0.1, -0.05) is 0 Å². The van der Waals surface area contributed by atoms with Gasteiger partial charge in [0.05, 0.1) is 11.8 Å². The minimum absolute atomic E-state index is 0.581. The van der Waals surface area contributed by atoms with Crippen molar-refractivity contribution in [2.24, 2.45) is 7.05 Å². The first kappa shape index (κ1) is 11.2. The van der Waals surface area contributed by atoms with Gasteiger partial charge in [-0.3, -0.25) is 4.68 Å². The van der Waals surface area contributed by atoms with E-state index in [9.17, 15) is 5.11 Å². The number of aliphatic hydroxyl groups is 1. The molecule has 0 fully saturated rings. The van der Waals surface area contributed by atoms with Crippen LogP contribution in [0.3, 0.4) is 0 Å². The van der Waals surface area contributed by atoms with Crippen molar-refractivity contribution >= 4 is 0 Å². The molecule has 0 bridgehead atoms. The average molecular weight is 197 g/mol. The van der Waals surface area contributed by atoms with Crippen molar-refractivity contribution in [2.45, 2.75) is 32.4 Å². The maximum atomic E-state index is 9.46. The monoisotopic (exact) mass is 197 g/mol. The van der Waals surface area contributed by atoms with Gasteiger partial charge in [0.2, 0.25) is 0 Å². The number of nitrogens with one attached hydrogen (secondary N) is 1. The Balaban J connectivity index is 2.16. The molecule has 0 aliphatic rings. The Kier molecular flexibility index (Phi) is 3.66. The quantitative estimate of drug-likeness (QED) is 0.682. The van der Waals surface area contributed by atoms with Crippen LogP contribution in [0.25, 0.3) is 0 Å². The first-order chi connectivity index (χ1) is 6.47. The fraction of sp³-hybridized carbons (Fsp3) is 0.700. The van der Waals surface area contributed by atoms with Gasteiger partial charge in [0.25, 0.3) is 0 Å². The molecule has 4 nitrogen and oxygen atoms in total. The smallest absolute Gasteiger partial charge is 0.0603 e. The van der Waals surface area contributed by atoms with Gasteiger partial charge >= 0.3 is 0 Å². The van der Waals surface area contributed by atoms with E-state index in [2.05, 4.69) is 10.4 Å². The van der Waals surface area contributed by atoms with E-state index in [0.717, 1.165) is 19.5 Å². The summed E-state index contributed by atoms with van der Waals surface area (Å²) < 4.78 is 1.78. The molecule has 0 radical (unpaired) electrons. The van der Waals surface area contributed by atoms with Crippen LogP contribution in [0.1, 0.15) is 25.8 Å². The average Bonchev–Trinajstić information content (AvgIpc) is 2.44.